The molecule has 3 N–H and O–H groups in total. The second kappa shape index (κ2) is 5.45. The number of hydrogen-bond donors (Lipinski definition) is 3. The molecule has 0 aliphatic carbocycles. The molecule has 1 aliphatic heterocycles. The van der Waals surface area contributed by atoms with Crippen LogP contribution in [0.1, 0.15) is 0 Å². The third kappa shape index (κ3) is 2.52. The molecule has 1 aliphatic rings. The van der Waals surface area contributed by atoms with Crippen LogP contribution in [0, 0.1) is 0 Å². The summed E-state index contributed by atoms with van der Waals surface area (Å²) in [6.45, 7) is -0.426. The smallest absolute Gasteiger partial charge is 0.229 e. The Morgan fingerprint density at radius 2 is 2.00 bits per heavy atom. The molecule has 112 valence electrons. The minimum absolute atomic E-state index is 0.171. The molecule has 0 saturated carbocycles. The maximum Gasteiger partial charge on any atom is 0.229 e. The molecule has 7 nitrogen and oxygen atoms in total. The van der Waals surface area contributed by atoms with E-state index in [0.29, 0.717) is 16.7 Å². The normalized spacial score (nSPS) is 28.9. The van der Waals surface area contributed by atoms with Crippen molar-refractivity contribution < 1.29 is 29.2 Å². The average molecular weight is 294 g/mol. The Hall–Kier alpha value is -1.93. The van der Waals surface area contributed by atoms with Crippen LogP contribution in [0.4, 0.5) is 0 Å². The molecule has 2 heterocycles. The SMILES string of the molecule is O=c1ccoc2cc(O[C@H]3O[C@H](CO)[C@@H](O)[C@@H]3O)ccc12. The minimum atomic E-state index is -1.28. The van der Waals surface area contributed by atoms with Gasteiger partial charge < -0.3 is 29.2 Å². The van der Waals surface area contributed by atoms with Gasteiger partial charge in [-0.1, -0.05) is 0 Å². The molecule has 0 spiro atoms. The fourth-order valence-corrected chi connectivity index (χ4v) is 2.23. The Morgan fingerprint density at radius 1 is 1.19 bits per heavy atom. The van der Waals surface area contributed by atoms with E-state index in [2.05, 4.69) is 0 Å². The van der Waals surface area contributed by atoms with Crippen molar-refractivity contribution >= 4 is 11.0 Å². The molecule has 0 unspecified atom stereocenters. The zero-order valence-corrected chi connectivity index (χ0v) is 10.9. The van der Waals surface area contributed by atoms with Gasteiger partial charge in [0.2, 0.25) is 6.29 Å². The highest BCUT2D eigenvalue weighted by Crippen LogP contribution is 2.26. The van der Waals surface area contributed by atoms with Crippen LogP contribution in [0.2, 0.25) is 0 Å². The standard InChI is InChI=1S/C14H14O7/c15-6-11-12(17)13(18)14(21-11)20-7-1-2-8-9(16)3-4-19-10(8)5-7/h1-5,11-15,17-18H,6H2/t11-,12-,13+,14+/m1/s1. The number of aliphatic hydroxyl groups excluding tert-OH is 3. The maximum atomic E-state index is 11.6. The van der Waals surface area contributed by atoms with Gasteiger partial charge in [-0.2, -0.15) is 0 Å². The van der Waals surface area contributed by atoms with Crippen LogP contribution in [-0.4, -0.2) is 46.5 Å². The zero-order valence-electron chi connectivity index (χ0n) is 10.9. The quantitative estimate of drug-likeness (QED) is 0.707. The van der Waals surface area contributed by atoms with Crippen molar-refractivity contribution in [1.82, 2.24) is 0 Å². The van der Waals surface area contributed by atoms with E-state index in [-0.39, 0.29) is 5.43 Å². The van der Waals surface area contributed by atoms with E-state index in [1.807, 2.05) is 0 Å². The molecule has 0 bridgehead atoms. The van der Waals surface area contributed by atoms with E-state index < -0.39 is 31.2 Å². The maximum absolute atomic E-state index is 11.6. The molecule has 1 aromatic carbocycles. The summed E-state index contributed by atoms with van der Waals surface area (Å²) in [5, 5.41) is 28.8. The average Bonchev–Trinajstić information content (AvgIpc) is 2.75. The van der Waals surface area contributed by atoms with Crippen molar-refractivity contribution in [3.63, 3.8) is 0 Å². The van der Waals surface area contributed by atoms with Crippen molar-refractivity contribution in [2.45, 2.75) is 24.6 Å². The summed E-state index contributed by atoms with van der Waals surface area (Å²) in [6, 6.07) is 5.88. The van der Waals surface area contributed by atoms with Crippen LogP contribution in [0.3, 0.4) is 0 Å². The fraction of sp³-hybridized carbons (Fsp3) is 0.357. The third-order valence-electron chi connectivity index (χ3n) is 3.38. The lowest BCUT2D eigenvalue weighted by Crippen LogP contribution is -2.35. The summed E-state index contributed by atoms with van der Waals surface area (Å²) >= 11 is 0. The molecule has 7 heteroatoms. The number of hydrogen-bond acceptors (Lipinski definition) is 7. The number of benzene rings is 1. The van der Waals surface area contributed by atoms with Crippen molar-refractivity contribution in [2.75, 3.05) is 6.61 Å². The monoisotopic (exact) mass is 294 g/mol. The summed E-state index contributed by atoms with van der Waals surface area (Å²) in [5.41, 5.74) is 0.169. The van der Waals surface area contributed by atoms with Gasteiger partial charge in [0.05, 0.1) is 18.3 Å². The van der Waals surface area contributed by atoms with Crippen LogP contribution in [0.25, 0.3) is 11.0 Å². The van der Waals surface area contributed by atoms with E-state index in [4.69, 9.17) is 19.0 Å². The highest BCUT2D eigenvalue weighted by molar-refractivity contribution is 5.77. The van der Waals surface area contributed by atoms with E-state index >= 15 is 0 Å². The minimum Gasteiger partial charge on any atom is -0.464 e. The van der Waals surface area contributed by atoms with Gasteiger partial charge in [0.1, 0.15) is 29.6 Å². The Kier molecular flexibility index (Phi) is 3.64. The lowest BCUT2D eigenvalue weighted by Gasteiger charge is -2.16. The first-order valence-electron chi connectivity index (χ1n) is 6.41. The molecule has 3 rings (SSSR count). The number of fused-ring (bicyclic) bond motifs is 1. The molecule has 1 fully saturated rings. The molecule has 1 saturated heterocycles. The predicted molar refractivity (Wildman–Crippen MR) is 70.9 cm³/mol. The first kappa shape index (κ1) is 14.0. The fourth-order valence-electron chi connectivity index (χ4n) is 2.23. The molecular weight excluding hydrogens is 280 g/mol. The molecule has 0 amide bonds. The van der Waals surface area contributed by atoms with Gasteiger partial charge in [0.15, 0.2) is 5.43 Å². The lowest BCUT2D eigenvalue weighted by molar-refractivity contribution is -0.116. The summed E-state index contributed by atoms with van der Waals surface area (Å²) in [7, 11) is 0. The summed E-state index contributed by atoms with van der Waals surface area (Å²) < 4.78 is 15.9. The van der Waals surface area contributed by atoms with Gasteiger partial charge in [-0.3, -0.25) is 4.79 Å². The van der Waals surface area contributed by atoms with Crippen molar-refractivity contribution in [1.29, 1.82) is 0 Å². The molecule has 4 atom stereocenters. The van der Waals surface area contributed by atoms with Gasteiger partial charge in [-0.25, -0.2) is 0 Å². The van der Waals surface area contributed by atoms with Crippen LogP contribution in [0.15, 0.2) is 39.7 Å². The van der Waals surface area contributed by atoms with Gasteiger partial charge in [0.25, 0.3) is 0 Å². The topological polar surface area (TPSA) is 109 Å². The second-order valence-corrected chi connectivity index (χ2v) is 4.77. The summed E-state index contributed by atoms with van der Waals surface area (Å²) in [6.07, 6.45) is -3.23. The highest BCUT2D eigenvalue weighted by Gasteiger charge is 2.43. The van der Waals surface area contributed by atoms with Gasteiger partial charge in [0, 0.05) is 12.1 Å². The van der Waals surface area contributed by atoms with Crippen LogP contribution in [-0.2, 0) is 4.74 Å². The van der Waals surface area contributed by atoms with Gasteiger partial charge in [-0.05, 0) is 12.1 Å². The zero-order chi connectivity index (χ0) is 15.0. The Morgan fingerprint density at radius 3 is 2.71 bits per heavy atom. The molecular formula is C14H14O7. The largest absolute Gasteiger partial charge is 0.464 e. The Bertz CT molecular complexity index is 695. The lowest BCUT2D eigenvalue weighted by atomic mass is 10.1. The number of rotatable bonds is 3. The van der Waals surface area contributed by atoms with Crippen molar-refractivity contribution in [3.8, 4) is 5.75 Å². The molecule has 0 radical (unpaired) electrons. The van der Waals surface area contributed by atoms with Crippen LogP contribution >= 0.6 is 0 Å². The molecule has 1 aromatic heterocycles. The molecule has 21 heavy (non-hydrogen) atoms. The second-order valence-electron chi connectivity index (χ2n) is 4.77. The molecule has 2 aromatic rings. The van der Waals surface area contributed by atoms with Crippen molar-refractivity contribution in [2.24, 2.45) is 0 Å². The van der Waals surface area contributed by atoms with Crippen molar-refractivity contribution in [3.05, 3.63) is 40.8 Å². The van der Waals surface area contributed by atoms with Gasteiger partial charge >= 0.3 is 0 Å². The number of aliphatic hydroxyl groups is 3. The van der Waals surface area contributed by atoms with E-state index in [1.54, 1.807) is 0 Å². The van der Waals surface area contributed by atoms with E-state index in [1.165, 1.54) is 30.5 Å². The Balaban J connectivity index is 1.84. The summed E-state index contributed by atoms with van der Waals surface area (Å²) in [4.78, 5) is 11.6. The third-order valence-corrected chi connectivity index (χ3v) is 3.38. The highest BCUT2D eigenvalue weighted by atomic mass is 16.7. The first-order chi connectivity index (χ1) is 10.1. The van der Waals surface area contributed by atoms with Gasteiger partial charge in [-0.15, -0.1) is 0 Å². The Labute approximate surface area is 119 Å². The van der Waals surface area contributed by atoms with Crippen LogP contribution in [0.5, 0.6) is 5.75 Å². The predicted octanol–water partition coefficient (Wildman–Crippen LogP) is -0.389. The van der Waals surface area contributed by atoms with E-state index in [0.717, 1.165) is 0 Å². The number of ether oxygens (including phenoxy) is 2. The summed E-state index contributed by atoms with van der Waals surface area (Å²) in [5.74, 6) is 0.312. The van der Waals surface area contributed by atoms with Crippen LogP contribution < -0.4 is 10.2 Å². The van der Waals surface area contributed by atoms with E-state index in [9.17, 15) is 15.0 Å². The first-order valence-corrected chi connectivity index (χ1v) is 6.41.